The Kier molecular flexibility index (Phi) is 6.01. The molecule has 0 amide bonds. The third-order valence-corrected chi connectivity index (χ3v) is 3.75. The lowest BCUT2D eigenvalue weighted by Crippen LogP contribution is -2.28. The fraction of sp³-hybridized carbons (Fsp3) is 0.538. The second-order valence-electron chi connectivity index (χ2n) is 4.72. The summed E-state index contributed by atoms with van der Waals surface area (Å²) in [6.45, 7) is 0.225. The molecule has 0 heterocycles. The van der Waals surface area contributed by atoms with Gasteiger partial charge in [0, 0.05) is 12.3 Å². The molecule has 1 aromatic rings. The van der Waals surface area contributed by atoms with Crippen molar-refractivity contribution in [3.05, 3.63) is 35.9 Å². The largest absolute Gasteiger partial charge is 0.390 e. The molecule has 114 valence electrons. The molecule has 0 spiro atoms. The van der Waals surface area contributed by atoms with Crippen LogP contribution in [0, 0.1) is 0 Å². The number of rotatable bonds is 7. The number of alkyl halides is 3. The summed E-state index contributed by atoms with van der Waals surface area (Å²) in [6, 6.07) is 7.49. The SMILES string of the molecule is CS(=O)(=O)CCCNC(CC(F)(F)F)c1ccccc1. The molecule has 0 radical (unpaired) electrons. The Morgan fingerprint density at radius 1 is 1.20 bits per heavy atom. The van der Waals surface area contributed by atoms with Crippen molar-refractivity contribution in [2.24, 2.45) is 0 Å². The van der Waals surface area contributed by atoms with Gasteiger partial charge in [0.1, 0.15) is 9.84 Å². The van der Waals surface area contributed by atoms with Gasteiger partial charge in [0.15, 0.2) is 0 Å². The zero-order valence-corrected chi connectivity index (χ0v) is 12.0. The van der Waals surface area contributed by atoms with Crippen molar-refractivity contribution in [1.29, 1.82) is 0 Å². The predicted molar refractivity (Wildman–Crippen MR) is 72.2 cm³/mol. The van der Waals surface area contributed by atoms with Crippen LogP contribution in [0.3, 0.4) is 0 Å². The first-order valence-electron chi connectivity index (χ1n) is 6.20. The van der Waals surface area contributed by atoms with Crippen LogP contribution in [0.5, 0.6) is 0 Å². The van der Waals surface area contributed by atoms with Crippen molar-refractivity contribution in [3.63, 3.8) is 0 Å². The Labute approximate surface area is 117 Å². The van der Waals surface area contributed by atoms with Gasteiger partial charge in [-0.3, -0.25) is 0 Å². The van der Waals surface area contributed by atoms with Gasteiger partial charge in [-0.1, -0.05) is 30.3 Å². The van der Waals surface area contributed by atoms with E-state index >= 15 is 0 Å². The van der Waals surface area contributed by atoms with Gasteiger partial charge in [0.05, 0.1) is 12.2 Å². The van der Waals surface area contributed by atoms with E-state index in [1.54, 1.807) is 30.3 Å². The molecule has 0 saturated heterocycles. The monoisotopic (exact) mass is 309 g/mol. The van der Waals surface area contributed by atoms with Crippen molar-refractivity contribution >= 4 is 9.84 Å². The van der Waals surface area contributed by atoms with Gasteiger partial charge < -0.3 is 5.32 Å². The molecule has 0 fully saturated rings. The predicted octanol–water partition coefficient (Wildman–Crippen LogP) is 2.70. The molecular weight excluding hydrogens is 291 g/mol. The molecule has 0 aliphatic heterocycles. The van der Waals surface area contributed by atoms with Crippen molar-refractivity contribution in [2.45, 2.75) is 25.1 Å². The Morgan fingerprint density at radius 2 is 1.80 bits per heavy atom. The standard InChI is InChI=1S/C13H18F3NO2S/c1-20(18,19)9-5-8-17-12(10-13(14,15)16)11-6-3-2-4-7-11/h2-4,6-7,12,17H,5,8-10H2,1H3. The van der Waals surface area contributed by atoms with E-state index < -0.39 is 28.5 Å². The number of benzene rings is 1. The van der Waals surface area contributed by atoms with Crippen LogP contribution in [0.1, 0.15) is 24.4 Å². The van der Waals surface area contributed by atoms with Crippen molar-refractivity contribution in [2.75, 3.05) is 18.6 Å². The van der Waals surface area contributed by atoms with Gasteiger partial charge in [-0.05, 0) is 18.5 Å². The van der Waals surface area contributed by atoms with Crippen LogP contribution >= 0.6 is 0 Å². The van der Waals surface area contributed by atoms with Gasteiger partial charge in [-0.2, -0.15) is 13.2 Å². The van der Waals surface area contributed by atoms with Gasteiger partial charge in [0.25, 0.3) is 0 Å². The molecule has 0 aliphatic carbocycles. The van der Waals surface area contributed by atoms with E-state index in [1.165, 1.54) is 0 Å². The van der Waals surface area contributed by atoms with Crippen molar-refractivity contribution in [1.82, 2.24) is 5.32 Å². The molecule has 1 aromatic carbocycles. The molecule has 1 N–H and O–H groups in total. The number of hydrogen-bond acceptors (Lipinski definition) is 3. The summed E-state index contributed by atoms with van der Waals surface area (Å²) in [4.78, 5) is 0. The van der Waals surface area contributed by atoms with E-state index in [4.69, 9.17) is 0 Å². The van der Waals surface area contributed by atoms with Crippen LogP contribution in [-0.4, -0.2) is 33.1 Å². The summed E-state index contributed by atoms with van der Waals surface area (Å²) in [7, 11) is -3.08. The summed E-state index contributed by atoms with van der Waals surface area (Å²) in [5.74, 6) is -0.0342. The first-order chi connectivity index (χ1) is 9.17. The molecule has 0 saturated carbocycles. The Morgan fingerprint density at radius 3 is 2.30 bits per heavy atom. The van der Waals surface area contributed by atoms with Crippen LogP contribution in [0.2, 0.25) is 0 Å². The van der Waals surface area contributed by atoms with E-state index in [0.717, 1.165) is 6.26 Å². The minimum atomic E-state index is -4.27. The van der Waals surface area contributed by atoms with Crippen molar-refractivity contribution in [3.8, 4) is 0 Å². The first-order valence-corrected chi connectivity index (χ1v) is 8.26. The number of nitrogens with one attached hydrogen (secondary N) is 1. The lowest BCUT2D eigenvalue weighted by atomic mass is 10.0. The average Bonchev–Trinajstić information content (AvgIpc) is 2.31. The Bertz CT molecular complexity index is 500. The summed E-state index contributed by atoms with van der Waals surface area (Å²) < 4.78 is 59.6. The van der Waals surface area contributed by atoms with E-state index in [1.807, 2.05) is 0 Å². The lowest BCUT2D eigenvalue weighted by molar-refractivity contribution is -0.140. The summed E-state index contributed by atoms with van der Waals surface area (Å²) in [5, 5.41) is 2.78. The molecule has 0 aromatic heterocycles. The Balaban J connectivity index is 2.60. The van der Waals surface area contributed by atoms with Crippen LogP contribution < -0.4 is 5.32 Å². The van der Waals surface area contributed by atoms with Gasteiger partial charge in [-0.25, -0.2) is 8.42 Å². The number of hydrogen-bond donors (Lipinski definition) is 1. The van der Waals surface area contributed by atoms with Gasteiger partial charge >= 0.3 is 6.18 Å². The quantitative estimate of drug-likeness (QED) is 0.788. The summed E-state index contributed by atoms with van der Waals surface area (Å²) in [5.41, 5.74) is 0.546. The topological polar surface area (TPSA) is 46.2 Å². The smallest absolute Gasteiger partial charge is 0.310 e. The molecule has 7 heteroatoms. The van der Waals surface area contributed by atoms with Gasteiger partial charge in [-0.15, -0.1) is 0 Å². The average molecular weight is 309 g/mol. The summed E-state index contributed by atoms with van der Waals surface area (Å²) >= 11 is 0. The number of sulfone groups is 1. The maximum absolute atomic E-state index is 12.6. The highest BCUT2D eigenvalue weighted by Crippen LogP contribution is 2.29. The normalized spacial score (nSPS) is 14.2. The maximum atomic E-state index is 12.6. The Hall–Kier alpha value is -1.08. The fourth-order valence-electron chi connectivity index (χ4n) is 1.84. The van der Waals surface area contributed by atoms with Crippen LogP contribution in [0.15, 0.2) is 30.3 Å². The minimum Gasteiger partial charge on any atom is -0.310 e. The van der Waals surface area contributed by atoms with Gasteiger partial charge in [0.2, 0.25) is 0 Å². The highest BCUT2D eigenvalue weighted by molar-refractivity contribution is 7.90. The first kappa shape index (κ1) is 17.0. The van der Waals surface area contributed by atoms with E-state index in [-0.39, 0.29) is 12.3 Å². The molecule has 20 heavy (non-hydrogen) atoms. The van der Waals surface area contributed by atoms with Crippen LogP contribution in [-0.2, 0) is 9.84 Å². The number of halogens is 3. The van der Waals surface area contributed by atoms with E-state index in [2.05, 4.69) is 5.32 Å². The second kappa shape index (κ2) is 7.08. The molecule has 3 nitrogen and oxygen atoms in total. The van der Waals surface area contributed by atoms with E-state index in [9.17, 15) is 21.6 Å². The fourth-order valence-corrected chi connectivity index (χ4v) is 2.50. The summed E-state index contributed by atoms with van der Waals surface area (Å²) in [6.07, 6.45) is -3.85. The minimum absolute atomic E-state index is 0.0342. The van der Waals surface area contributed by atoms with Crippen LogP contribution in [0.25, 0.3) is 0 Å². The highest BCUT2D eigenvalue weighted by Gasteiger charge is 2.32. The molecule has 1 rings (SSSR count). The lowest BCUT2D eigenvalue weighted by Gasteiger charge is -2.20. The molecular formula is C13H18F3NO2S. The zero-order chi connectivity index (χ0) is 15.2. The maximum Gasteiger partial charge on any atom is 0.390 e. The highest BCUT2D eigenvalue weighted by atomic mass is 32.2. The van der Waals surface area contributed by atoms with E-state index in [0.29, 0.717) is 12.0 Å². The molecule has 1 unspecified atom stereocenters. The molecule has 0 bridgehead atoms. The second-order valence-corrected chi connectivity index (χ2v) is 6.98. The van der Waals surface area contributed by atoms with Crippen molar-refractivity contribution < 1.29 is 21.6 Å². The molecule has 0 aliphatic rings. The molecule has 1 atom stereocenters. The third-order valence-electron chi connectivity index (χ3n) is 2.72. The zero-order valence-electron chi connectivity index (χ0n) is 11.2. The van der Waals surface area contributed by atoms with Crippen LogP contribution in [0.4, 0.5) is 13.2 Å². The third kappa shape index (κ3) is 7.49.